The van der Waals surface area contributed by atoms with E-state index in [1.807, 2.05) is 0 Å². The Morgan fingerprint density at radius 1 is 0.200 bits per heavy atom. The minimum absolute atomic E-state index is 1.25. The molecule has 0 saturated heterocycles. The van der Waals surface area contributed by atoms with Crippen LogP contribution in [0.1, 0.15) is 0 Å². The molecule has 0 amide bonds. The average molecular weight is 629 g/mol. The summed E-state index contributed by atoms with van der Waals surface area (Å²) in [6.07, 6.45) is 0. The van der Waals surface area contributed by atoms with Crippen molar-refractivity contribution in [2.45, 2.75) is 0 Å². The van der Waals surface area contributed by atoms with Crippen LogP contribution in [0.5, 0.6) is 0 Å². The Kier molecular flexibility index (Phi) is 5.06. The van der Waals surface area contributed by atoms with Crippen LogP contribution in [0.4, 0.5) is 0 Å². The molecular formula is C50H28. The zero-order chi connectivity index (χ0) is 32.5. The minimum atomic E-state index is 1.25. The highest BCUT2D eigenvalue weighted by Gasteiger charge is 2.27. The molecule has 0 saturated carbocycles. The van der Waals surface area contributed by atoms with Gasteiger partial charge in [-0.1, -0.05) is 158 Å². The van der Waals surface area contributed by atoms with Gasteiger partial charge in [0.15, 0.2) is 0 Å². The molecule has 12 aromatic carbocycles. The summed E-state index contributed by atoms with van der Waals surface area (Å²) >= 11 is 0. The fraction of sp³-hybridized carbons (Fsp3) is 0. The molecule has 0 radical (unpaired) electrons. The molecule has 0 fully saturated rings. The lowest BCUT2D eigenvalue weighted by molar-refractivity contribution is 1.68. The summed E-state index contributed by atoms with van der Waals surface area (Å²) in [6.45, 7) is 0. The van der Waals surface area contributed by atoms with Crippen molar-refractivity contribution in [1.82, 2.24) is 0 Å². The number of hydrogen-bond donors (Lipinski definition) is 0. The Labute approximate surface area is 288 Å². The summed E-state index contributed by atoms with van der Waals surface area (Å²) in [5.41, 5.74) is 5.15. The van der Waals surface area contributed by atoms with E-state index in [-0.39, 0.29) is 0 Å². The fourth-order valence-corrected chi connectivity index (χ4v) is 9.58. The van der Waals surface area contributed by atoms with E-state index >= 15 is 0 Å². The van der Waals surface area contributed by atoms with Crippen LogP contribution in [-0.2, 0) is 0 Å². The lowest BCUT2D eigenvalue weighted by Crippen LogP contribution is -1.91. The Bertz CT molecular complexity index is 3330. The predicted molar refractivity (Wildman–Crippen MR) is 217 cm³/mol. The first-order valence-corrected chi connectivity index (χ1v) is 17.5. The molecule has 0 heteroatoms. The molecule has 0 bridgehead atoms. The number of benzene rings is 10. The number of fused-ring (bicyclic) bond motifs is 12. The third-order valence-corrected chi connectivity index (χ3v) is 11.5. The maximum absolute atomic E-state index is 2.52. The van der Waals surface area contributed by atoms with Gasteiger partial charge in [-0.3, -0.25) is 0 Å². The quantitative estimate of drug-likeness (QED) is 0.167. The first kappa shape index (κ1) is 26.5. The van der Waals surface area contributed by atoms with Gasteiger partial charge in [-0.25, -0.2) is 0 Å². The van der Waals surface area contributed by atoms with Gasteiger partial charge in [0.1, 0.15) is 0 Å². The zero-order valence-electron chi connectivity index (χ0n) is 27.2. The molecule has 0 nitrogen and oxygen atoms in total. The number of hydrogen-bond acceptors (Lipinski definition) is 0. The summed E-state index contributed by atoms with van der Waals surface area (Å²) in [5.74, 6) is 0. The molecule has 0 aromatic heterocycles. The monoisotopic (exact) mass is 628 g/mol. The van der Waals surface area contributed by atoms with Crippen molar-refractivity contribution < 1.29 is 0 Å². The van der Waals surface area contributed by atoms with Crippen LogP contribution in [-0.4, -0.2) is 0 Å². The van der Waals surface area contributed by atoms with Crippen molar-refractivity contribution in [1.29, 1.82) is 0 Å². The molecule has 0 N–H and O–H groups in total. The molecule has 0 unspecified atom stereocenters. The van der Waals surface area contributed by atoms with Crippen molar-refractivity contribution in [2.24, 2.45) is 0 Å². The van der Waals surface area contributed by atoms with Gasteiger partial charge < -0.3 is 0 Å². The average Bonchev–Trinajstić information content (AvgIpc) is 3.68. The molecular weight excluding hydrogens is 601 g/mol. The highest BCUT2D eigenvalue weighted by atomic mass is 14.3. The van der Waals surface area contributed by atoms with Crippen molar-refractivity contribution in [2.75, 3.05) is 0 Å². The third-order valence-electron chi connectivity index (χ3n) is 11.5. The topological polar surface area (TPSA) is 0 Å². The Morgan fingerprint density at radius 3 is 1.44 bits per heavy atom. The van der Waals surface area contributed by atoms with Crippen LogP contribution >= 0.6 is 0 Å². The van der Waals surface area contributed by atoms with E-state index < -0.39 is 0 Å². The van der Waals surface area contributed by atoms with Crippen LogP contribution < -0.4 is 0 Å². The van der Waals surface area contributed by atoms with E-state index in [1.165, 1.54) is 119 Å². The van der Waals surface area contributed by atoms with E-state index in [0.29, 0.717) is 0 Å². The van der Waals surface area contributed by atoms with Crippen LogP contribution in [0, 0.1) is 0 Å². The van der Waals surface area contributed by atoms with Crippen LogP contribution in [0.15, 0.2) is 170 Å². The van der Waals surface area contributed by atoms with Gasteiger partial charge in [-0.15, -0.1) is 0 Å². The van der Waals surface area contributed by atoms with E-state index in [0.717, 1.165) is 0 Å². The van der Waals surface area contributed by atoms with Crippen LogP contribution in [0.2, 0.25) is 0 Å². The largest absolute Gasteiger partial charge is 0.0622 e. The van der Waals surface area contributed by atoms with Crippen molar-refractivity contribution in [3.05, 3.63) is 170 Å². The Hall–Kier alpha value is -6.50. The van der Waals surface area contributed by atoms with Gasteiger partial charge >= 0.3 is 0 Å². The van der Waals surface area contributed by atoms with Crippen molar-refractivity contribution in [3.8, 4) is 22.3 Å². The smallest absolute Gasteiger partial charge is 0.000718 e. The number of rotatable bonds is 2. The minimum Gasteiger partial charge on any atom is -0.0622 e. The summed E-state index contributed by atoms with van der Waals surface area (Å²) < 4.78 is 0. The highest BCUT2D eigenvalue weighted by molar-refractivity contribution is 6.46. The summed E-state index contributed by atoms with van der Waals surface area (Å²) in [4.78, 5) is 0. The zero-order valence-corrected chi connectivity index (χ0v) is 27.2. The molecule has 228 valence electrons. The van der Waals surface area contributed by atoms with Gasteiger partial charge in [0.05, 0.1) is 0 Å². The van der Waals surface area contributed by atoms with E-state index in [1.54, 1.807) is 0 Å². The van der Waals surface area contributed by atoms with Gasteiger partial charge in [-0.2, -0.15) is 0 Å². The maximum atomic E-state index is 2.52. The molecule has 0 aliphatic rings. The maximum Gasteiger partial charge on any atom is -0.000718 e. The van der Waals surface area contributed by atoms with Gasteiger partial charge in [0.2, 0.25) is 0 Å². The second-order valence-electron chi connectivity index (χ2n) is 13.9. The third kappa shape index (κ3) is 3.26. The molecule has 0 aliphatic heterocycles. The molecule has 12 rings (SSSR count). The van der Waals surface area contributed by atoms with Crippen molar-refractivity contribution in [3.63, 3.8) is 0 Å². The van der Waals surface area contributed by atoms with Gasteiger partial charge in [-0.05, 0) is 131 Å². The fourth-order valence-electron chi connectivity index (χ4n) is 9.58. The standard InChI is InChI=1S/C50H28/c1-3-14-30(15-4-1)44-42-28-40-35-20-10-9-19-34(35)36-21-11-23-38(46(36)40)48(42)45(31-16-5-2-6-17-31)49-39-24-12-22-37-43-32(27-41(47(37)39)50(44)49)26-25-29-13-7-8-18-33(29)43/h1-28H. The highest BCUT2D eigenvalue weighted by Crippen LogP contribution is 2.55. The normalized spacial score (nSPS) is 12.4. The first-order valence-electron chi connectivity index (χ1n) is 17.5. The molecule has 0 spiro atoms. The molecule has 0 heterocycles. The van der Waals surface area contributed by atoms with E-state index in [4.69, 9.17) is 0 Å². The van der Waals surface area contributed by atoms with E-state index in [2.05, 4.69) is 170 Å². The Morgan fingerprint density at radius 2 is 0.700 bits per heavy atom. The summed E-state index contributed by atoms with van der Waals surface area (Å²) in [5, 5.41) is 23.9. The summed E-state index contributed by atoms with van der Waals surface area (Å²) in [7, 11) is 0. The molecule has 12 aromatic rings. The summed E-state index contributed by atoms with van der Waals surface area (Å²) in [6, 6.07) is 63.6. The SMILES string of the molecule is c1ccc(-c2c3cc4c5ccccc5c5cccc(c3c(-c3ccccc3)c3c6cccc7c8c(ccc9ccccc98)cc(c23)c67)c54)cc1. The first-order chi connectivity index (χ1) is 24.8. The lowest BCUT2D eigenvalue weighted by atomic mass is 9.84. The Balaban J connectivity index is 1.45. The van der Waals surface area contributed by atoms with Crippen LogP contribution in [0.3, 0.4) is 0 Å². The molecule has 50 heavy (non-hydrogen) atoms. The second kappa shape index (κ2) is 9.56. The van der Waals surface area contributed by atoms with Gasteiger partial charge in [0, 0.05) is 0 Å². The van der Waals surface area contributed by atoms with Crippen molar-refractivity contribution >= 4 is 97.0 Å². The van der Waals surface area contributed by atoms with Crippen LogP contribution in [0.25, 0.3) is 119 Å². The van der Waals surface area contributed by atoms with E-state index in [9.17, 15) is 0 Å². The molecule has 0 aliphatic carbocycles. The predicted octanol–water partition coefficient (Wildman–Crippen LogP) is 14.3. The van der Waals surface area contributed by atoms with Gasteiger partial charge in [0.25, 0.3) is 0 Å². The second-order valence-corrected chi connectivity index (χ2v) is 13.9. The lowest BCUT2D eigenvalue weighted by Gasteiger charge is -2.19. The molecule has 0 atom stereocenters.